The van der Waals surface area contributed by atoms with E-state index in [0.29, 0.717) is 11.4 Å². The maximum Gasteiger partial charge on any atom is 0.292 e. The van der Waals surface area contributed by atoms with Gasteiger partial charge in [-0.3, -0.25) is 14.9 Å². The van der Waals surface area contributed by atoms with Crippen LogP contribution in [0.4, 0.5) is 17.1 Å². The molecule has 0 unspecified atom stereocenters. The van der Waals surface area contributed by atoms with E-state index in [9.17, 15) is 20.0 Å². The number of para-hydroxylation sites is 2. The van der Waals surface area contributed by atoms with Gasteiger partial charge in [0.15, 0.2) is 0 Å². The molecular formula is C16H17N3O4. The predicted molar refractivity (Wildman–Crippen MR) is 87.7 cm³/mol. The normalized spacial score (nSPS) is 10.1. The number of phenols is 1. The van der Waals surface area contributed by atoms with Crippen molar-refractivity contribution in [1.29, 1.82) is 0 Å². The summed E-state index contributed by atoms with van der Waals surface area (Å²) in [4.78, 5) is 22.3. The first-order valence-electron chi connectivity index (χ1n) is 7.04. The Morgan fingerprint density at radius 2 is 1.96 bits per heavy atom. The first-order valence-corrected chi connectivity index (χ1v) is 7.04. The summed E-state index contributed by atoms with van der Waals surface area (Å²) < 4.78 is 0. The molecule has 7 heteroatoms. The first-order chi connectivity index (χ1) is 11.0. The molecule has 0 aromatic heterocycles. The van der Waals surface area contributed by atoms with Gasteiger partial charge in [-0.05, 0) is 30.7 Å². The number of rotatable bonds is 6. The number of hydrogen-bond donors (Lipinski definition) is 3. The van der Waals surface area contributed by atoms with Gasteiger partial charge in [-0.2, -0.15) is 0 Å². The Morgan fingerprint density at radius 3 is 2.65 bits per heavy atom. The highest BCUT2D eigenvalue weighted by atomic mass is 16.6. The lowest BCUT2D eigenvalue weighted by molar-refractivity contribution is -0.384. The Kier molecular flexibility index (Phi) is 5.14. The highest BCUT2D eigenvalue weighted by Gasteiger charge is 2.12. The number of aryl methyl sites for hydroxylation is 1. The largest absolute Gasteiger partial charge is 0.506 e. The maximum atomic E-state index is 11.9. The number of amides is 1. The van der Waals surface area contributed by atoms with Crippen LogP contribution >= 0.6 is 0 Å². The number of hydrogen-bond acceptors (Lipinski definition) is 5. The molecule has 0 spiro atoms. The van der Waals surface area contributed by atoms with Crippen molar-refractivity contribution >= 4 is 23.0 Å². The van der Waals surface area contributed by atoms with Crippen LogP contribution in [0.2, 0.25) is 0 Å². The van der Waals surface area contributed by atoms with Crippen LogP contribution in [0.15, 0.2) is 42.5 Å². The molecule has 0 radical (unpaired) electrons. The molecule has 2 aromatic rings. The van der Waals surface area contributed by atoms with Crippen LogP contribution in [0.1, 0.15) is 12.0 Å². The van der Waals surface area contributed by atoms with Gasteiger partial charge in [-0.25, -0.2) is 0 Å². The van der Waals surface area contributed by atoms with Crippen LogP contribution in [-0.4, -0.2) is 22.5 Å². The van der Waals surface area contributed by atoms with Gasteiger partial charge in [0.2, 0.25) is 5.91 Å². The molecule has 2 rings (SSSR count). The third-order valence-electron chi connectivity index (χ3n) is 3.20. The van der Waals surface area contributed by atoms with E-state index >= 15 is 0 Å². The highest BCUT2D eigenvalue weighted by Crippen LogP contribution is 2.24. The van der Waals surface area contributed by atoms with Crippen LogP contribution in [0.5, 0.6) is 5.75 Å². The van der Waals surface area contributed by atoms with Gasteiger partial charge >= 0.3 is 0 Å². The number of nitrogens with zero attached hydrogens (tertiary/aromatic N) is 1. The summed E-state index contributed by atoms with van der Waals surface area (Å²) in [6.07, 6.45) is 0.110. The van der Waals surface area contributed by atoms with Gasteiger partial charge < -0.3 is 15.7 Å². The standard InChI is InChI=1S/C16H17N3O4/c1-11-6-7-13(15(20)10-11)18-16(21)8-9-17-12-4-2-3-5-14(12)19(22)23/h2-7,10,17,20H,8-9H2,1H3,(H,18,21). The molecule has 0 atom stereocenters. The summed E-state index contributed by atoms with van der Waals surface area (Å²) in [6, 6.07) is 11.2. The number of benzene rings is 2. The Hall–Kier alpha value is -3.09. The lowest BCUT2D eigenvalue weighted by Gasteiger charge is -2.09. The average molecular weight is 315 g/mol. The number of phenolic OH excluding ortho intramolecular Hbond substituents is 1. The average Bonchev–Trinajstić information content (AvgIpc) is 2.50. The molecule has 0 saturated heterocycles. The third-order valence-corrected chi connectivity index (χ3v) is 3.20. The van der Waals surface area contributed by atoms with Crippen molar-refractivity contribution in [2.75, 3.05) is 17.2 Å². The molecular weight excluding hydrogens is 298 g/mol. The van der Waals surface area contributed by atoms with Crippen molar-refractivity contribution in [2.45, 2.75) is 13.3 Å². The maximum absolute atomic E-state index is 11.9. The molecule has 0 bridgehead atoms. The smallest absolute Gasteiger partial charge is 0.292 e. The van der Waals surface area contributed by atoms with Crippen LogP contribution in [0.25, 0.3) is 0 Å². The molecule has 0 aliphatic heterocycles. The number of nitrogens with one attached hydrogen (secondary N) is 2. The van der Waals surface area contributed by atoms with E-state index < -0.39 is 4.92 Å². The molecule has 0 aliphatic rings. The molecule has 0 saturated carbocycles. The molecule has 2 aromatic carbocycles. The Morgan fingerprint density at radius 1 is 1.22 bits per heavy atom. The predicted octanol–water partition coefficient (Wildman–Crippen LogP) is 3.05. The third kappa shape index (κ3) is 4.44. The van der Waals surface area contributed by atoms with Gasteiger partial charge in [0, 0.05) is 19.0 Å². The molecule has 3 N–H and O–H groups in total. The van der Waals surface area contributed by atoms with Crippen LogP contribution in [0, 0.1) is 17.0 Å². The fraction of sp³-hybridized carbons (Fsp3) is 0.188. The molecule has 0 heterocycles. The zero-order valence-corrected chi connectivity index (χ0v) is 12.6. The molecule has 120 valence electrons. The zero-order valence-electron chi connectivity index (χ0n) is 12.6. The van der Waals surface area contributed by atoms with Crippen molar-refractivity contribution in [3.8, 4) is 5.75 Å². The fourth-order valence-corrected chi connectivity index (χ4v) is 2.05. The Labute approximate surface area is 133 Å². The van der Waals surface area contributed by atoms with Gasteiger partial charge in [-0.1, -0.05) is 18.2 Å². The first kappa shape index (κ1) is 16.3. The molecule has 0 aliphatic carbocycles. The molecule has 0 fully saturated rings. The number of carbonyl (C=O) groups excluding carboxylic acids is 1. The summed E-state index contributed by atoms with van der Waals surface area (Å²) in [5.74, 6) is -0.291. The SMILES string of the molecule is Cc1ccc(NC(=O)CCNc2ccccc2[N+](=O)[O-])c(O)c1. The van der Waals surface area contributed by atoms with Crippen molar-refractivity contribution in [2.24, 2.45) is 0 Å². The van der Waals surface area contributed by atoms with Crippen molar-refractivity contribution in [1.82, 2.24) is 0 Å². The van der Waals surface area contributed by atoms with Gasteiger partial charge in [0.05, 0.1) is 10.6 Å². The quantitative estimate of drug-likeness (QED) is 0.432. The number of aromatic hydroxyl groups is 1. The van der Waals surface area contributed by atoms with Crippen LogP contribution in [-0.2, 0) is 4.79 Å². The lowest BCUT2D eigenvalue weighted by Crippen LogP contribution is -2.16. The van der Waals surface area contributed by atoms with Crippen molar-refractivity contribution in [3.63, 3.8) is 0 Å². The van der Waals surface area contributed by atoms with Gasteiger partial charge in [-0.15, -0.1) is 0 Å². The Bertz CT molecular complexity index is 731. The number of carbonyl (C=O) groups is 1. The van der Waals surface area contributed by atoms with E-state index in [1.807, 2.05) is 6.92 Å². The minimum absolute atomic E-state index is 0.00464. The van der Waals surface area contributed by atoms with Gasteiger partial charge in [0.25, 0.3) is 5.69 Å². The second kappa shape index (κ2) is 7.26. The summed E-state index contributed by atoms with van der Waals surface area (Å²) in [6.45, 7) is 2.07. The fourth-order valence-electron chi connectivity index (χ4n) is 2.05. The monoisotopic (exact) mass is 315 g/mol. The van der Waals surface area contributed by atoms with E-state index in [-0.39, 0.29) is 30.3 Å². The molecule has 23 heavy (non-hydrogen) atoms. The molecule has 1 amide bonds. The minimum atomic E-state index is -0.479. The van der Waals surface area contributed by atoms with E-state index in [1.54, 1.807) is 36.4 Å². The number of nitro benzene ring substituents is 1. The zero-order chi connectivity index (χ0) is 16.8. The summed E-state index contributed by atoms with van der Waals surface area (Å²) >= 11 is 0. The number of nitro groups is 1. The van der Waals surface area contributed by atoms with E-state index in [1.165, 1.54) is 6.07 Å². The van der Waals surface area contributed by atoms with E-state index in [4.69, 9.17) is 0 Å². The second-order valence-electron chi connectivity index (χ2n) is 5.02. The van der Waals surface area contributed by atoms with Crippen LogP contribution in [0.3, 0.4) is 0 Å². The van der Waals surface area contributed by atoms with E-state index in [0.717, 1.165) is 5.56 Å². The van der Waals surface area contributed by atoms with E-state index in [2.05, 4.69) is 10.6 Å². The van der Waals surface area contributed by atoms with Gasteiger partial charge in [0.1, 0.15) is 11.4 Å². The summed E-state index contributed by atoms with van der Waals surface area (Å²) in [5.41, 5.74) is 1.55. The van der Waals surface area contributed by atoms with Crippen molar-refractivity contribution < 1.29 is 14.8 Å². The second-order valence-corrected chi connectivity index (χ2v) is 5.02. The number of anilines is 2. The topological polar surface area (TPSA) is 104 Å². The summed E-state index contributed by atoms with van der Waals surface area (Å²) in [5, 5.41) is 26.1. The highest BCUT2D eigenvalue weighted by molar-refractivity contribution is 5.92. The minimum Gasteiger partial charge on any atom is -0.506 e. The van der Waals surface area contributed by atoms with Crippen molar-refractivity contribution in [3.05, 3.63) is 58.1 Å². The Balaban J connectivity index is 1.89. The molecule has 7 nitrogen and oxygen atoms in total. The lowest BCUT2D eigenvalue weighted by atomic mass is 10.2. The van der Waals surface area contributed by atoms with Crippen LogP contribution < -0.4 is 10.6 Å². The summed E-state index contributed by atoms with van der Waals surface area (Å²) in [7, 11) is 0.